The van der Waals surface area contributed by atoms with E-state index in [0.717, 1.165) is 13.1 Å². The van der Waals surface area contributed by atoms with Gasteiger partial charge >= 0.3 is 0 Å². The molecule has 0 atom stereocenters. The van der Waals surface area contributed by atoms with Gasteiger partial charge in [0, 0.05) is 29.6 Å². The molecule has 0 bridgehead atoms. The monoisotopic (exact) mass is 332 g/mol. The zero-order chi connectivity index (χ0) is 16.4. The van der Waals surface area contributed by atoms with E-state index in [-0.39, 0.29) is 0 Å². The van der Waals surface area contributed by atoms with Crippen LogP contribution in [0.25, 0.3) is 21.5 Å². The average molecular weight is 332 g/mol. The van der Waals surface area contributed by atoms with E-state index in [4.69, 9.17) is 0 Å². The molecule has 2 nitrogen and oxygen atoms in total. The number of hydrogen-bond donors (Lipinski definition) is 1. The third-order valence-corrected chi connectivity index (χ3v) is 5.24. The lowest BCUT2D eigenvalue weighted by Gasteiger charge is -2.11. The molecule has 120 valence electrons. The number of fused-ring (bicyclic) bond motifs is 1. The lowest BCUT2D eigenvalue weighted by molar-refractivity contribution is 0.803. The molecule has 2 aromatic carbocycles. The molecule has 0 saturated heterocycles. The maximum atomic E-state index is 3.35. The molecule has 2 heterocycles. The van der Waals surface area contributed by atoms with E-state index in [1.54, 1.807) is 0 Å². The summed E-state index contributed by atoms with van der Waals surface area (Å²) in [6.45, 7) is 1.76. The number of nitrogens with zero attached hydrogens (tertiary/aromatic N) is 1. The van der Waals surface area contributed by atoms with Gasteiger partial charge in [-0.15, -0.1) is 11.3 Å². The minimum Gasteiger partial charge on any atom is -0.335 e. The molecule has 3 heteroatoms. The number of thiophene rings is 1. The van der Waals surface area contributed by atoms with E-state index >= 15 is 0 Å². The number of aromatic nitrogens is 1. The van der Waals surface area contributed by atoms with Crippen LogP contribution < -0.4 is 5.32 Å². The van der Waals surface area contributed by atoms with Crippen molar-refractivity contribution in [3.05, 3.63) is 83.2 Å². The molecule has 1 N–H and O–H groups in total. The maximum Gasteiger partial charge on any atom is 0.0641 e. The molecule has 0 amide bonds. The van der Waals surface area contributed by atoms with Crippen LogP contribution in [-0.2, 0) is 13.1 Å². The Balaban J connectivity index is 1.97. The fraction of sp³-hybridized carbons (Fsp3) is 0.143. The zero-order valence-corrected chi connectivity index (χ0v) is 14.5. The van der Waals surface area contributed by atoms with E-state index < -0.39 is 0 Å². The smallest absolute Gasteiger partial charge is 0.0641 e. The lowest BCUT2D eigenvalue weighted by atomic mass is 10.1. The van der Waals surface area contributed by atoms with Crippen molar-refractivity contribution in [1.29, 1.82) is 0 Å². The van der Waals surface area contributed by atoms with Gasteiger partial charge in [0.25, 0.3) is 0 Å². The van der Waals surface area contributed by atoms with Crippen molar-refractivity contribution in [2.75, 3.05) is 7.05 Å². The van der Waals surface area contributed by atoms with Gasteiger partial charge in [-0.25, -0.2) is 0 Å². The topological polar surface area (TPSA) is 17.0 Å². The predicted molar refractivity (Wildman–Crippen MR) is 104 cm³/mol. The molecule has 4 rings (SSSR count). The highest BCUT2D eigenvalue weighted by Crippen LogP contribution is 2.36. The molecular weight excluding hydrogens is 312 g/mol. The third kappa shape index (κ3) is 2.66. The minimum atomic E-state index is 0.871. The molecule has 0 aliphatic heterocycles. The highest BCUT2D eigenvalue weighted by Gasteiger charge is 2.18. The van der Waals surface area contributed by atoms with Crippen molar-refractivity contribution in [2.45, 2.75) is 13.1 Å². The van der Waals surface area contributed by atoms with E-state index in [2.05, 4.69) is 82.0 Å². The summed E-state index contributed by atoms with van der Waals surface area (Å²) in [7, 11) is 2.02. The van der Waals surface area contributed by atoms with Crippen molar-refractivity contribution in [3.8, 4) is 10.6 Å². The number of nitrogens with one attached hydrogen (secondary N) is 1. The summed E-state index contributed by atoms with van der Waals surface area (Å²) in [5.74, 6) is 0. The normalized spacial score (nSPS) is 11.2. The van der Waals surface area contributed by atoms with Crippen molar-refractivity contribution in [1.82, 2.24) is 9.88 Å². The van der Waals surface area contributed by atoms with Gasteiger partial charge in [0.1, 0.15) is 0 Å². The zero-order valence-electron chi connectivity index (χ0n) is 13.7. The molecule has 2 aromatic heterocycles. The maximum absolute atomic E-state index is 3.35. The largest absolute Gasteiger partial charge is 0.335 e. The van der Waals surface area contributed by atoms with Crippen molar-refractivity contribution >= 4 is 22.2 Å². The molecule has 0 aliphatic carbocycles. The molecule has 0 saturated carbocycles. The van der Waals surface area contributed by atoms with Crippen molar-refractivity contribution in [3.63, 3.8) is 0 Å². The quantitative estimate of drug-likeness (QED) is 0.535. The Hall–Kier alpha value is -2.36. The Morgan fingerprint density at radius 2 is 1.71 bits per heavy atom. The first kappa shape index (κ1) is 15.2. The van der Waals surface area contributed by atoms with Crippen LogP contribution in [0.15, 0.2) is 72.1 Å². The van der Waals surface area contributed by atoms with Crippen molar-refractivity contribution in [2.24, 2.45) is 0 Å². The summed E-state index contributed by atoms with van der Waals surface area (Å²) < 4.78 is 2.46. The van der Waals surface area contributed by atoms with Gasteiger partial charge in [0.15, 0.2) is 0 Å². The van der Waals surface area contributed by atoms with E-state index in [9.17, 15) is 0 Å². The summed E-state index contributed by atoms with van der Waals surface area (Å²) in [4.78, 5) is 1.33. The highest BCUT2D eigenvalue weighted by molar-refractivity contribution is 7.13. The molecular formula is C21H20N2S. The Bertz CT molecular complexity index is 937. The molecule has 0 radical (unpaired) electrons. The molecule has 0 aliphatic rings. The van der Waals surface area contributed by atoms with Gasteiger partial charge in [-0.2, -0.15) is 0 Å². The number of benzene rings is 2. The Morgan fingerprint density at radius 1 is 0.917 bits per heavy atom. The van der Waals surface area contributed by atoms with Crippen LogP contribution in [0.3, 0.4) is 0 Å². The molecule has 0 unspecified atom stereocenters. The second kappa shape index (κ2) is 6.63. The predicted octanol–water partition coefficient (Wildman–Crippen LogP) is 5.14. The minimum absolute atomic E-state index is 0.871. The summed E-state index contributed by atoms with van der Waals surface area (Å²) >= 11 is 1.81. The number of para-hydroxylation sites is 1. The van der Waals surface area contributed by atoms with Crippen LogP contribution >= 0.6 is 11.3 Å². The molecule has 24 heavy (non-hydrogen) atoms. The fourth-order valence-electron chi connectivity index (χ4n) is 3.36. The molecule has 4 aromatic rings. The van der Waals surface area contributed by atoms with Crippen LogP contribution in [0.1, 0.15) is 11.1 Å². The first-order chi connectivity index (χ1) is 11.9. The summed E-state index contributed by atoms with van der Waals surface area (Å²) in [5.41, 5.74) is 5.35. The first-order valence-electron chi connectivity index (χ1n) is 8.21. The van der Waals surface area contributed by atoms with E-state index in [1.807, 2.05) is 18.4 Å². The van der Waals surface area contributed by atoms with Gasteiger partial charge in [-0.3, -0.25) is 0 Å². The average Bonchev–Trinajstić information content (AvgIpc) is 3.24. The second-order valence-electron chi connectivity index (χ2n) is 5.92. The third-order valence-electron chi connectivity index (χ3n) is 4.37. The van der Waals surface area contributed by atoms with Crippen LogP contribution in [0.4, 0.5) is 0 Å². The van der Waals surface area contributed by atoms with Gasteiger partial charge in [-0.1, -0.05) is 54.6 Å². The molecule has 0 fully saturated rings. The van der Waals surface area contributed by atoms with Crippen molar-refractivity contribution < 1.29 is 0 Å². The highest BCUT2D eigenvalue weighted by atomic mass is 32.1. The van der Waals surface area contributed by atoms with Gasteiger partial charge in [-0.05, 0) is 30.1 Å². The van der Waals surface area contributed by atoms with Gasteiger partial charge in [0.2, 0.25) is 0 Å². The first-order valence-corrected chi connectivity index (χ1v) is 9.09. The van der Waals surface area contributed by atoms with Crippen LogP contribution in [0.5, 0.6) is 0 Å². The Morgan fingerprint density at radius 3 is 2.46 bits per heavy atom. The van der Waals surface area contributed by atoms with Crippen LogP contribution in [-0.4, -0.2) is 11.6 Å². The fourth-order valence-corrected chi connectivity index (χ4v) is 4.16. The van der Waals surface area contributed by atoms with Crippen LogP contribution in [0, 0.1) is 0 Å². The lowest BCUT2D eigenvalue weighted by Crippen LogP contribution is -2.07. The van der Waals surface area contributed by atoms with Crippen LogP contribution in [0.2, 0.25) is 0 Å². The SMILES string of the molecule is CNCc1c(-c2cccs2)n(Cc2ccccc2)c2ccccc12. The summed E-state index contributed by atoms with van der Waals surface area (Å²) in [6.07, 6.45) is 0. The molecule has 0 spiro atoms. The Kier molecular flexibility index (Phi) is 4.20. The Labute approximate surface area is 146 Å². The van der Waals surface area contributed by atoms with E-state index in [1.165, 1.54) is 32.6 Å². The van der Waals surface area contributed by atoms with Gasteiger partial charge < -0.3 is 9.88 Å². The summed E-state index contributed by atoms with van der Waals surface area (Å²) in [5, 5.41) is 6.84. The second-order valence-corrected chi connectivity index (χ2v) is 6.87. The van der Waals surface area contributed by atoms with Gasteiger partial charge in [0.05, 0.1) is 10.6 Å². The number of hydrogen-bond acceptors (Lipinski definition) is 2. The standard InChI is InChI=1S/C21H20N2S/c1-22-14-18-17-10-5-6-11-19(17)23(15-16-8-3-2-4-9-16)21(18)20-12-7-13-24-20/h2-13,22H,14-15H2,1H3. The number of rotatable bonds is 5. The van der Waals surface area contributed by atoms with E-state index in [0.29, 0.717) is 0 Å². The summed E-state index contributed by atoms with van der Waals surface area (Å²) in [6, 6.07) is 23.8.